The van der Waals surface area contributed by atoms with Gasteiger partial charge in [-0.05, 0) is 87.8 Å². The molecule has 0 aliphatic heterocycles. The average molecular weight is 360 g/mol. The second kappa shape index (κ2) is 7.71. The molecule has 25 heavy (non-hydrogen) atoms. The Kier molecular flexibility index (Phi) is 6.07. The van der Waals surface area contributed by atoms with Gasteiger partial charge in [0, 0.05) is 6.04 Å². The minimum absolute atomic E-state index is 0.120. The summed E-state index contributed by atoms with van der Waals surface area (Å²) in [5.41, 5.74) is 6.21. The molecule has 0 spiro atoms. The Labute approximate surface area is 152 Å². The van der Waals surface area contributed by atoms with E-state index in [1.165, 1.54) is 11.1 Å². The van der Waals surface area contributed by atoms with Crippen LogP contribution in [-0.2, 0) is 16.4 Å². The third-order valence-corrected chi connectivity index (χ3v) is 7.13. The van der Waals surface area contributed by atoms with Crippen molar-refractivity contribution in [2.24, 2.45) is 0 Å². The van der Waals surface area contributed by atoms with Crippen molar-refractivity contribution in [3.8, 4) is 0 Å². The van der Waals surface area contributed by atoms with Crippen LogP contribution in [0.3, 0.4) is 0 Å². The number of sulfonamides is 1. The molecule has 0 radical (unpaired) electrons. The maximum atomic E-state index is 13.0. The summed E-state index contributed by atoms with van der Waals surface area (Å²) < 4.78 is 28.9. The Balaban J connectivity index is 2.22. The summed E-state index contributed by atoms with van der Waals surface area (Å²) in [6.07, 6.45) is 1.62. The third-order valence-electron chi connectivity index (χ3n) is 5.27. The molecule has 2 aromatic carbocycles. The standard InChI is InChI=1S/C21H29NO2S/c1-14(12-13-20-10-8-7-9-11-20)22-25(23,24)21-18(5)16(3)15(2)17(4)19(21)6/h7-11,14,22H,12-13H2,1-6H3. The lowest BCUT2D eigenvalue weighted by Gasteiger charge is -2.21. The van der Waals surface area contributed by atoms with Crippen molar-refractivity contribution in [1.82, 2.24) is 4.72 Å². The first-order chi connectivity index (χ1) is 11.6. The lowest BCUT2D eigenvalue weighted by atomic mass is 9.95. The molecule has 0 aliphatic rings. The van der Waals surface area contributed by atoms with Crippen LogP contribution in [0.4, 0.5) is 0 Å². The number of benzene rings is 2. The molecule has 0 amide bonds. The van der Waals surface area contributed by atoms with Gasteiger partial charge in [-0.1, -0.05) is 30.3 Å². The second-order valence-electron chi connectivity index (χ2n) is 7.00. The molecule has 1 N–H and O–H groups in total. The highest BCUT2D eigenvalue weighted by Crippen LogP contribution is 2.29. The molecule has 2 aromatic rings. The second-order valence-corrected chi connectivity index (χ2v) is 8.65. The highest BCUT2D eigenvalue weighted by Gasteiger charge is 2.25. The molecule has 0 bridgehead atoms. The van der Waals surface area contributed by atoms with Crippen molar-refractivity contribution < 1.29 is 8.42 Å². The first kappa shape index (κ1) is 19.7. The summed E-state index contributed by atoms with van der Waals surface area (Å²) in [4.78, 5) is 0.444. The number of hydrogen-bond donors (Lipinski definition) is 1. The molecular weight excluding hydrogens is 330 g/mol. The summed E-state index contributed by atoms with van der Waals surface area (Å²) in [5, 5.41) is 0. The molecule has 1 atom stereocenters. The predicted octanol–water partition coefficient (Wildman–Crippen LogP) is 4.53. The molecular formula is C21H29NO2S. The van der Waals surface area contributed by atoms with Gasteiger partial charge in [0.05, 0.1) is 4.90 Å². The van der Waals surface area contributed by atoms with Gasteiger partial charge in [-0.2, -0.15) is 0 Å². The fraction of sp³-hybridized carbons (Fsp3) is 0.429. The minimum atomic E-state index is -3.54. The van der Waals surface area contributed by atoms with Crippen LogP contribution in [0.2, 0.25) is 0 Å². The summed E-state index contributed by atoms with van der Waals surface area (Å²) >= 11 is 0. The molecule has 0 aliphatic carbocycles. The number of nitrogens with one attached hydrogen (secondary N) is 1. The quantitative estimate of drug-likeness (QED) is 0.824. The first-order valence-corrected chi connectivity index (χ1v) is 10.3. The van der Waals surface area contributed by atoms with E-state index in [0.29, 0.717) is 4.90 Å². The average Bonchev–Trinajstić information content (AvgIpc) is 2.57. The van der Waals surface area contributed by atoms with Crippen molar-refractivity contribution in [2.45, 2.75) is 65.3 Å². The number of hydrogen-bond acceptors (Lipinski definition) is 2. The van der Waals surface area contributed by atoms with Gasteiger partial charge in [-0.15, -0.1) is 0 Å². The zero-order valence-corrected chi connectivity index (χ0v) is 16.9. The van der Waals surface area contributed by atoms with E-state index in [1.807, 2.05) is 52.8 Å². The van der Waals surface area contributed by atoms with Gasteiger partial charge < -0.3 is 0 Å². The van der Waals surface area contributed by atoms with E-state index in [1.54, 1.807) is 0 Å². The maximum Gasteiger partial charge on any atom is 0.241 e. The molecule has 0 saturated carbocycles. The van der Waals surface area contributed by atoms with E-state index in [4.69, 9.17) is 0 Å². The van der Waals surface area contributed by atoms with Gasteiger partial charge in [0.1, 0.15) is 0 Å². The first-order valence-electron chi connectivity index (χ1n) is 8.78. The predicted molar refractivity (Wildman–Crippen MR) is 105 cm³/mol. The van der Waals surface area contributed by atoms with Crippen LogP contribution in [0.25, 0.3) is 0 Å². The normalized spacial score (nSPS) is 13.0. The van der Waals surface area contributed by atoms with E-state index in [-0.39, 0.29) is 6.04 Å². The van der Waals surface area contributed by atoms with Gasteiger partial charge in [0.25, 0.3) is 0 Å². The fourth-order valence-electron chi connectivity index (χ4n) is 3.28. The van der Waals surface area contributed by atoms with Crippen LogP contribution in [-0.4, -0.2) is 14.5 Å². The monoisotopic (exact) mass is 359 g/mol. The number of aryl methyl sites for hydroxylation is 1. The van der Waals surface area contributed by atoms with E-state index in [0.717, 1.165) is 35.1 Å². The van der Waals surface area contributed by atoms with Gasteiger partial charge >= 0.3 is 0 Å². The lowest BCUT2D eigenvalue weighted by Crippen LogP contribution is -2.34. The molecule has 0 fully saturated rings. The van der Waals surface area contributed by atoms with Crippen LogP contribution in [0.15, 0.2) is 35.2 Å². The smallest absolute Gasteiger partial charge is 0.208 e. The largest absolute Gasteiger partial charge is 0.241 e. The third kappa shape index (κ3) is 4.31. The van der Waals surface area contributed by atoms with Crippen LogP contribution in [0.1, 0.15) is 46.7 Å². The molecule has 0 aromatic heterocycles. The SMILES string of the molecule is Cc1c(C)c(C)c(S(=O)(=O)NC(C)CCc2ccccc2)c(C)c1C. The van der Waals surface area contributed by atoms with Crippen LogP contribution in [0.5, 0.6) is 0 Å². The molecule has 4 heteroatoms. The van der Waals surface area contributed by atoms with Crippen LogP contribution >= 0.6 is 0 Å². The Bertz CT molecular complexity index is 826. The lowest BCUT2D eigenvalue weighted by molar-refractivity contribution is 0.545. The van der Waals surface area contributed by atoms with Crippen molar-refractivity contribution in [1.29, 1.82) is 0 Å². The summed E-state index contributed by atoms with van der Waals surface area (Å²) in [7, 11) is -3.54. The minimum Gasteiger partial charge on any atom is -0.208 e. The van der Waals surface area contributed by atoms with E-state index in [2.05, 4.69) is 23.8 Å². The van der Waals surface area contributed by atoms with Crippen LogP contribution < -0.4 is 4.72 Å². The number of rotatable bonds is 6. The molecule has 0 saturated heterocycles. The topological polar surface area (TPSA) is 46.2 Å². The Hall–Kier alpha value is -1.65. The summed E-state index contributed by atoms with van der Waals surface area (Å²) in [6.45, 7) is 11.8. The van der Waals surface area contributed by atoms with E-state index >= 15 is 0 Å². The van der Waals surface area contributed by atoms with Gasteiger partial charge in [-0.3, -0.25) is 0 Å². The Morgan fingerprint density at radius 2 is 1.32 bits per heavy atom. The molecule has 0 heterocycles. The fourth-order valence-corrected chi connectivity index (χ4v) is 5.16. The Morgan fingerprint density at radius 1 is 0.840 bits per heavy atom. The highest BCUT2D eigenvalue weighted by molar-refractivity contribution is 7.89. The van der Waals surface area contributed by atoms with Gasteiger partial charge in [0.15, 0.2) is 0 Å². The van der Waals surface area contributed by atoms with Crippen LogP contribution in [0, 0.1) is 34.6 Å². The van der Waals surface area contributed by atoms with Gasteiger partial charge in [-0.25, -0.2) is 13.1 Å². The van der Waals surface area contributed by atoms with Crippen molar-refractivity contribution in [3.63, 3.8) is 0 Å². The Morgan fingerprint density at radius 3 is 1.84 bits per heavy atom. The van der Waals surface area contributed by atoms with Crippen molar-refractivity contribution in [3.05, 3.63) is 63.7 Å². The highest BCUT2D eigenvalue weighted by atomic mass is 32.2. The molecule has 136 valence electrons. The van der Waals surface area contributed by atoms with Gasteiger partial charge in [0.2, 0.25) is 10.0 Å². The molecule has 3 nitrogen and oxygen atoms in total. The van der Waals surface area contributed by atoms with E-state index < -0.39 is 10.0 Å². The van der Waals surface area contributed by atoms with Crippen molar-refractivity contribution >= 4 is 10.0 Å². The zero-order chi connectivity index (χ0) is 18.8. The summed E-state index contributed by atoms with van der Waals surface area (Å²) in [5.74, 6) is 0. The maximum absolute atomic E-state index is 13.0. The van der Waals surface area contributed by atoms with E-state index in [9.17, 15) is 8.42 Å². The summed E-state index contributed by atoms with van der Waals surface area (Å²) in [6, 6.07) is 10.0. The molecule has 1 unspecified atom stereocenters. The van der Waals surface area contributed by atoms with Crippen molar-refractivity contribution in [2.75, 3.05) is 0 Å². The zero-order valence-electron chi connectivity index (χ0n) is 16.1. The molecule has 2 rings (SSSR count).